The van der Waals surface area contributed by atoms with Crippen molar-refractivity contribution in [3.8, 4) is 28.4 Å². The summed E-state index contributed by atoms with van der Waals surface area (Å²) in [6.07, 6.45) is 1.33. The number of primary amides is 1. The molecule has 0 radical (unpaired) electrons. The number of aryl methyl sites for hydroxylation is 1. The normalized spacial score (nSPS) is 12.9. The van der Waals surface area contributed by atoms with Gasteiger partial charge in [-0.15, -0.1) is 0 Å². The minimum Gasteiger partial charge on any atom is -0.454 e. The van der Waals surface area contributed by atoms with Crippen LogP contribution < -0.4 is 20.5 Å². The average Bonchev–Trinajstić information content (AvgIpc) is 3.53. The van der Waals surface area contributed by atoms with Crippen LogP contribution in [0.1, 0.15) is 32.0 Å². The van der Waals surface area contributed by atoms with E-state index in [-0.39, 0.29) is 18.4 Å². The molecule has 6 rings (SSSR count). The number of rotatable bonds is 4. The topological polar surface area (TPSA) is 113 Å². The fraction of sp³-hybridized carbons (Fsp3) is 0.111. The lowest BCUT2D eigenvalue weighted by atomic mass is 9.88. The van der Waals surface area contributed by atoms with Crippen molar-refractivity contribution in [2.24, 2.45) is 5.73 Å². The van der Waals surface area contributed by atoms with Crippen molar-refractivity contribution in [3.63, 3.8) is 0 Å². The number of nitrogens with two attached hydrogens (primary N) is 1. The van der Waals surface area contributed by atoms with Gasteiger partial charge in [-0.05, 0) is 42.7 Å². The molecule has 2 aliphatic rings. The molecule has 3 aromatic carbocycles. The van der Waals surface area contributed by atoms with Crippen LogP contribution in [0.5, 0.6) is 11.5 Å². The summed E-state index contributed by atoms with van der Waals surface area (Å²) in [5.74, 6) is 0.356. The zero-order valence-corrected chi connectivity index (χ0v) is 18.9. The number of anilines is 1. The summed E-state index contributed by atoms with van der Waals surface area (Å²) in [6.45, 7) is 7.22. The Morgan fingerprint density at radius 3 is 2.58 bits per heavy atom. The highest BCUT2D eigenvalue weighted by atomic mass is 16.7. The highest BCUT2D eigenvalue weighted by molar-refractivity contribution is 6.05. The molecule has 2 heterocycles. The highest BCUT2D eigenvalue weighted by Gasteiger charge is 2.29. The van der Waals surface area contributed by atoms with Crippen molar-refractivity contribution in [3.05, 3.63) is 94.5 Å². The molecular weight excluding hydrogens is 458 g/mol. The largest absolute Gasteiger partial charge is 0.454 e. The maximum Gasteiger partial charge on any atom is 0.269 e. The molecule has 0 spiro atoms. The van der Waals surface area contributed by atoms with E-state index in [1.54, 1.807) is 35.0 Å². The quantitative estimate of drug-likeness (QED) is 0.426. The van der Waals surface area contributed by atoms with E-state index in [1.807, 2.05) is 30.3 Å². The first-order valence-electron chi connectivity index (χ1n) is 11.3. The van der Waals surface area contributed by atoms with Gasteiger partial charge < -0.3 is 20.5 Å². The molecule has 2 amide bonds. The van der Waals surface area contributed by atoms with Crippen molar-refractivity contribution in [1.29, 1.82) is 0 Å². The zero-order valence-electron chi connectivity index (χ0n) is 18.9. The molecule has 0 unspecified atom stereocenters. The van der Waals surface area contributed by atoms with Gasteiger partial charge in [-0.2, -0.15) is 5.10 Å². The van der Waals surface area contributed by atoms with Gasteiger partial charge in [0.1, 0.15) is 0 Å². The Bertz CT molecular complexity index is 1600. The van der Waals surface area contributed by atoms with Gasteiger partial charge in [0.2, 0.25) is 6.79 Å². The molecule has 36 heavy (non-hydrogen) atoms. The summed E-state index contributed by atoms with van der Waals surface area (Å²) < 4.78 is 12.7. The number of amides is 2. The molecule has 0 saturated heterocycles. The number of aromatic nitrogens is 2. The van der Waals surface area contributed by atoms with E-state index in [2.05, 4.69) is 15.3 Å². The van der Waals surface area contributed by atoms with E-state index in [0.717, 1.165) is 22.4 Å². The molecule has 3 N–H and O–H groups in total. The van der Waals surface area contributed by atoms with E-state index >= 15 is 0 Å². The predicted octanol–water partition coefficient (Wildman–Crippen LogP) is 4.27. The van der Waals surface area contributed by atoms with Crippen LogP contribution in [0, 0.1) is 6.57 Å². The number of fused-ring (bicyclic) bond motifs is 4. The fourth-order valence-electron chi connectivity index (χ4n) is 4.61. The highest BCUT2D eigenvalue weighted by Crippen LogP contribution is 2.40. The Kier molecular flexibility index (Phi) is 4.93. The second-order valence-electron chi connectivity index (χ2n) is 8.47. The third kappa shape index (κ3) is 3.52. The summed E-state index contributed by atoms with van der Waals surface area (Å²) in [4.78, 5) is 28.4. The Morgan fingerprint density at radius 1 is 1.00 bits per heavy atom. The molecule has 176 valence electrons. The molecule has 4 aromatic rings. The Labute approximate surface area is 205 Å². The first kappa shape index (κ1) is 21.4. The van der Waals surface area contributed by atoms with Gasteiger partial charge in [0.25, 0.3) is 11.8 Å². The standard InChI is InChI=1S/C27H19N5O4/c1-29-17-6-3-16(4-7-17)27(34)30-18-8-2-15-5-10-20-24(26(28)33)31-32(25(20)21(15)12-18)19-9-11-22-23(13-19)36-14-35-22/h2-4,6-9,11-13H,5,10,14H2,(H2,28,33)(H,30,34). The maximum absolute atomic E-state index is 12.8. The monoisotopic (exact) mass is 477 g/mol. The van der Waals surface area contributed by atoms with E-state index in [1.165, 1.54) is 0 Å². The number of ether oxygens (including phenoxy) is 2. The summed E-state index contributed by atoms with van der Waals surface area (Å²) >= 11 is 0. The van der Waals surface area contributed by atoms with Crippen LogP contribution in [0.3, 0.4) is 0 Å². The molecule has 9 heteroatoms. The molecule has 0 saturated carbocycles. The molecule has 1 aliphatic carbocycles. The van der Waals surface area contributed by atoms with Gasteiger partial charge in [-0.25, -0.2) is 9.53 Å². The number of carbonyl (C=O) groups excluding carboxylic acids is 2. The van der Waals surface area contributed by atoms with E-state index in [4.69, 9.17) is 21.8 Å². The van der Waals surface area contributed by atoms with Crippen LogP contribution in [0.4, 0.5) is 11.4 Å². The minimum absolute atomic E-state index is 0.148. The Balaban J connectivity index is 1.42. The van der Waals surface area contributed by atoms with E-state index in [9.17, 15) is 9.59 Å². The van der Waals surface area contributed by atoms with E-state index in [0.29, 0.717) is 47.0 Å². The van der Waals surface area contributed by atoms with Crippen molar-refractivity contribution in [2.75, 3.05) is 12.1 Å². The second kappa shape index (κ2) is 8.29. The lowest BCUT2D eigenvalue weighted by molar-refractivity contribution is 0.0992. The molecule has 0 fully saturated rings. The van der Waals surface area contributed by atoms with Gasteiger partial charge in [0.05, 0.1) is 18.0 Å². The molecule has 9 nitrogen and oxygen atoms in total. The summed E-state index contributed by atoms with van der Waals surface area (Å²) in [5.41, 5.74) is 11.6. The van der Waals surface area contributed by atoms with Gasteiger partial charge >= 0.3 is 0 Å². The summed E-state index contributed by atoms with van der Waals surface area (Å²) in [5, 5.41) is 7.50. The number of carbonyl (C=O) groups is 2. The number of hydrogen-bond donors (Lipinski definition) is 2. The smallest absolute Gasteiger partial charge is 0.269 e. The van der Waals surface area contributed by atoms with Crippen molar-refractivity contribution in [1.82, 2.24) is 9.78 Å². The molecule has 1 aliphatic heterocycles. The number of nitrogens with one attached hydrogen (secondary N) is 1. The fourth-order valence-corrected chi connectivity index (χ4v) is 4.61. The number of hydrogen-bond acceptors (Lipinski definition) is 5. The Morgan fingerprint density at radius 2 is 1.81 bits per heavy atom. The SMILES string of the molecule is [C-]#[N+]c1ccc(C(=O)Nc2ccc3c(c2)-c2c(c(C(N)=O)nn2-c2ccc4c(c2)OCO4)CC3)cc1. The molecule has 0 atom stereocenters. The van der Waals surface area contributed by atoms with Crippen LogP contribution in [-0.2, 0) is 12.8 Å². The minimum atomic E-state index is -0.596. The summed E-state index contributed by atoms with van der Waals surface area (Å²) in [6, 6.07) is 17.6. The van der Waals surface area contributed by atoms with E-state index < -0.39 is 5.91 Å². The van der Waals surface area contributed by atoms with Crippen LogP contribution in [0.25, 0.3) is 21.8 Å². The number of benzene rings is 3. The van der Waals surface area contributed by atoms with Gasteiger partial charge in [0, 0.05) is 28.4 Å². The van der Waals surface area contributed by atoms with Crippen molar-refractivity contribution in [2.45, 2.75) is 12.8 Å². The van der Waals surface area contributed by atoms with Crippen LogP contribution in [0.2, 0.25) is 0 Å². The van der Waals surface area contributed by atoms with Crippen molar-refractivity contribution >= 4 is 23.2 Å². The molecule has 0 bridgehead atoms. The molecular formula is C27H19N5O4. The molecule has 1 aromatic heterocycles. The van der Waals surface area contributed by atoms with Gasteiger partial charge in [-0.3, -0.25) is 9.59 Å². The van der Waals surface area contributed by atoms with Crippen LogP contribution >= 0.6 is 0 Å². The predicted molar refractivity (Wildman–Crippen MR) is 132 cm³/mol. The third-order valence-electron chi connectivity index (χ3n) is 6.34. The van der Waals surface area contributed by atoms with Crippen LogP contribution in [0.15, 0.2) is 60.7 Å². The average molecular weight is 477 g/mol. The van der Waals surface area contributed by atoms with Crippen LogP contribution in [-0.4, -0.2) is 28.4 Å². The van der Waals surface area contributed by atoms with Gasteiger partial charge in [-0.1, -0.05) is 30.3 Å². The zero-order chi connectivity index (χ0) is 24.8. The lowest BCUT2D eigenvalue weighted by Crippen LogP contribution is -2.15. The number of nitrogens with zero attached hydrogens (tertiary/aromatic N) is 3. The third-order valence-corrected chi connectivity index (χ3v) is 6.34. The Hall–Kier alpha value is -5.10. The van der Waals surface area contributed by atoms with Gasteiger partial charge in [0.15, 0.2) is 22.9 Å². The first-order valence-corrected chi connectivity index (χ1v) is 11.3. The maximum atomic E-state index is 12.8. The van der Waals surface area contributed by atoms with Crippen molar-refractivity contribution < 1.29 is 19.1 Å². The lowest BCUT2D eigenvalue weighted by Gasteiger charge is -2.20. The first-order chi connectivity index (χ1) is 17.5. The second-order valence-corrected chi connectivity index (χ2v) is 8.47. The summed E-state index contributed by atoms with van der Waals surface area (Å²) in [7, 11) is 0.